The molecule has 0 saturated carbocycles. The van der Waals surface area contributed by atoms with Crippen LogP contribution in [0.1, 0.15) is 38.8 Å². The van der Waals surface area contributed by atoms with Crippen LogP contribution < -0.4 is 0 Å². The number of methoxy groups -OCH3 is 1. The molecular formula is C23H26ClN3O4S. The number of benzene rings is 1. The highest BCUT2D eigenvalue weighted by Gasteiger charge is 2.41. The third-order valence-electron chi connectivity index (χ3n) is 5.68. The van der Waals surface area contributed by atoms with Gasteiger partial charge in [0.2, 0.25) is 5.91 Å². The molecule has 0 aliphatic carbocycles. The van der Waals surface area contributed by atoms with Crippen LogP contribution in [-0.4, -0.2) is 59.3 Å². The zero-order valence-corrected chi connectivity index (χ0v) is 20.1. The van der Waals surface area contributed by atoms with Crippen molar-refractivity contribution < 1.29 is 19.1 Å². The van der Waals surface area contributed by atoms with Crippen molar-refractivity contribution in [3.8, 4) is 0 Å². The lowest BCUT2D eigenvalue weighted by Gasteiger charge is -2.38. The maximum atomic E-state index is 13.2. The van der Waals surface area contributed by atoms with Crippen LogP contribution in [0.3, 0.4) is 0 Å². The van der Waals surface area contributed by atoms with Gasteiger partial charge < -0.3 is 19.3 Å². The van der Waals surface area contributed by atoms with Crippen molar-refractivity contribution >= 4 is 40.4 Å². The molecule has 0 bridgehead atoms. The predicted octanol–water partition coefficient (Wildman–Crippen LogP) is 4.11. The Morgan fingerprint density at radius 2 is 2.00 bits per heavy atom. The zero-order chi connectivity index (χ0) is 23.0. The highest BCUT2D eigenvalue weighted by Crippen LogP contribution is 2.45. The summed E-state index contributed by atoms with van der Waals surface area (Å²) in [6.45, 7) is 6.88. The lowest BCUT2D eigenvalue weighted by atomic mass is 9.94. The molecule has 1 amide bonds. The summed E-state index contributed by atoms with van der Waals surface area (Å²) in [5, 5.41) is 3.24. The fraction of sp³-hybridized carbons (Fsp3) is 0.435. The SMILES string of the molecule is COC(=O)C1=C(C)N=C2SC=C(CC(=O)N3CC(C)OC(C)C3)N2C1c1cccc(Cl)c1. The molecule has 0 aromatic heterocycles. The molecule has 3 atom stereocenters. The van der Waals surface area contributed by atoms with Crippen molar-refractivity contribution in [1.82, 2.24) is 9.80 Å². The highest BCUT2D eigenvalue weighted by molar-refractivity contribution is 8.16. The Kier molecular flexibility index (Phi) is 6.65. The first-order chi connectivity index (χ1) is 15.3. The molecule has 170 valence electrons. The first-order valence-corrected chi connectivity index (χ1v) is 11.8. The van der Waals surface area contributed by atoms with Crippen molar-refractivity contribution in [3.05, 3.63) is 57.2 Å². The molecular weight excluding hydrogens is 450 g/mol. The summed E-state index contributed by atoms with van der Waals surface area (Å²) in [5.74, 6) is -0.426. The van der Waals surface area contributed by atoms with E-state index in [1.807, 2.05) is 47.3 Å². The summed E-state index contributed by atoms with van der Waals surface area (Å²) in [5.41, 5.74) is 2.66. The van der Waals surface area contributed by atoms with E-state index in [9.17, 15) is 9.59 Å². The van der Waals surface area contributed by atoms with E-state index in [-0.39, 0.29) is 24.5 Å². The van der Waals surface area contributed by atoms with E-state index in [4.69, 9.17) is 21.1 Å². The summed E-state index contributed by atoms with van der Waals surface area (Å²) in [7, 11) is 1.36. The van der Waals surface area contributed by atoms with Crippen molar-refractivity contribution in [2.24, 2.45) is 4.99 Å². The van der Waals surface area contributed by atoms with Gasteiger partial charge in [-0.05, 0) is 43.9 Å². The lowest BCUT2D eigenvalue weighted by molar-refractivity contribution is -0.142. The van der Waals surface area contributed by atoms with Crippen LogP contribution in [0.25, 0.3) is 0 Å². The molecule has 3 heterocycles. The van der Waals surface area contributed by atoms with Gasteiger partial charge in [0.05, 0.1) is 43.1 Å². The number of carbonyl (C=O) groups excluding carboxylic acids is 2. The molecule has 4 rings (SSSR count). The second-order valence-electron chi connectivity index (χ2n) is 8.17. The highest BCUT2D eigenvalue weighted by atomic mass is 35.5. The van der Waals surface area contributed by atoms with Gasteiger partial charge in [-0.3, -0.25) is 4.79 Å². The van der Waals surface area contributed by atoms with Gasteiger partial charge >= 0.3 is 5.97 Å². The van der Waals surface area contributed by atoms with Crippen LogP contribution in [0.15, 0.2) is 51.6 Å². The molecule has 1 saturated heterocycles. The fourth-order valence-electron chi connectivity index (χ4n) is 4.38. The maximum absolute atomic E-state index is 13.2. The fourth-order valence-corrected chi connectivity index (χ4v) is 5.54. The van der Waals surface area contributed by atoms with Gasteiger partial charge in [-0.25, -0.2) is 9.79 Å². The van der Waals surface area contributed by atoms with Crippen LogP contribution in [0, 0.1) is 0 Å². The number of ether oxygens (including phenoxy) is 2. The molecule has 0 radical (unpaired) electrons. The van der Waals surface area contributed by atoms with Crippen LogP contribution in [0.5, 0.6) is 0 Å². The molecule has 1 aromatic rings. The molecule has 1 aromatic carbocycles. The van der Waals surface area contributed by atoms with Gasteiger partial charge in [0.25, 0.3) is 0 Å². The smallest absolute Gasteiger partial charge is 0.338 e. The van der Waals surface area contributed by atoms with Gasteiger partial charge in [0, 0.05) is 23.8 Å². The third-order valence-corrected chi connectivity index (χ3v) is 6.80. The summed E-state index contributed by atoms with van der Waals surface area (Å²) in [6.07, 6.45) is 0.200. The number of esters is 1. The van der Waals surface area contributed by atoms with Crippen LogP contribution >= 0.6 is 23.4 Å². The number of hydrogen-bond donors (Lipinski definition) is 0. The number of thioether (sulfide) groups is 1. The molecule has 9 heteroatoms. The topological polar surface area (TPSA) is 71.4 Å². The first kappa shape index (κ1) is 22.9. The Morgan fingerprint density at radius 1 is 1.28 bits per heavy atom. The zero-order valence-electron chi connectivity index (χ0n) is 18.5. The van der Waals surface area contributed by atoms with E-state index in [1.165, 1.54) is 18.9 Å². The van der Waals surface area contributed by atoms with Crippen molar-refractivity contribution in [2.45, 2.75) is 45.4 Å². The van der Waals surface area contributed by atoms with Gasteiger partial charge in [-0.2, -0.15) is 0 Å². The summed E-state index contributed by atoms with van der Waals surface area (Å²) < 4.78 is 10.8. The minimum absolute atomic E-state index is 0.00235. The molecule has 3 unspecified atom stereocenters. The van der Waals surface area contributed by atoms with E-state index in [0.717, 1.165) is 16.4 Å². The Hall–Kier alpha value is -2.29. The number of hydrogen-bond acceptors (Lipinski definition) is 7. The van der Waals surface area contributed by atoms with Gasteiger partial charge in [-0.1, -0.05) is 35.5 Å². The van der Waals surface area contributed by atoms with Crippen molar-refractivity contribution in [3.63, 3.8) is 0 Å². The summed E-state index contributed by atoms with van der Waals surface area (Å²) in [4.78, 5) is 34.4. The minimum Gasteiger partial charge on any atom is -0.466 e. The number of halogens is 1. The molecule has 0 spiro atoms. The predicted molar refractivity (Wildman–Crippen MR) is 125 cm³/mol. The molecule has 7 nitrogen and oxygen atoms in total. The Labute approximate surface area is 197 Å². The van der Waals surface area contributed by atoms with E-state index < -0.39 is 12.0 Å². The molecule has 1 fully saturated rings. The number of aliphatic imine (C=N–C) groups is 1. The average molecular weight is 476 g/mol. The Morgan fingerprint density at radius 3 is 2.66 bits per heavy atom. The van der Waals surface area contributed by atoms with E-state index in [2.05, 4.69) is 4.99 Å². The summed E-state index contributed by atoms with van der Waals surface area (Å²) in [6, 6.07) is 6.91. The number of amidine groups is 1. The second kappa shape index (κ2) is 9.29. The van der Waals surface area contributed by atoms with Crippen LogP contribution in [0.4, 0.5) is 0 Å². The first-order valence-electron chi connectivity index (χ1n) is 10.5. The van der Waals surface area contributed by atoms with Crippen molar-refractivity contribution in [1.29, 1.82) is 0 Å². The number of nitrogens with zero attached hydrogens (tertiary/aromatic N) is 3. The second-order valence-corrected chi connectivity index (χ2v) is 9.45. The largest absolute Gasteiger partial charge is 0.466 e. The van der Waals surface area contributed by atoms with E-state index in [1.54, 1.807) is 13.0 Å². The third kappa shape index (κ3) is 4.44. The quantitative estimate of drug-likeness (QED) is 0.610. The van der Waals surface area contributed by atoms with Crippen LogP contribution in [0.2, 0.25) is 5.02 Å². The Balaban J connectivity index is 1.67. The molecule has 3 aliphatic heterocycles. The van der Waals surface area contributed by atoms with Gasteiger partial charge in [0.15, 0.2) is 5.17 Å². The van der Waals surface area contributed by atoms with Gasteiger partial charge in [-0.15, -0.1) is 0 Å². The normalized spacial score (nSPS) is 25.3. The number of morpholine rings is 1. The number of carbonyl (C=O) groups is 2. The van der Waals surface area contributed by atoms with Crippen LogP contribution in [-0.2, 0) is 19.1 Å². The van der Waals surface area contributed by atoms with E-state index in [0.29, 0.717) is 29.4 Å². The number of rotatable bonds is 4. The lowest BCUT2D eigenvalue weighted by Crippen LogP contribution is -2.48. The van der Waals surface area contributed by atoms with E-state index >= 15 is 0 Å². The van der Waals surface area contributed by atoms with Gasteiger partial charge in [0.1, 0.15) is 0 Å². The molecule has 3 aliphatic rings. The minimum atomic E-state index is -0.481. The Bertz CT molecular complexity index is 1030. The van der Waals surface area contributed by atoms with Crippen molar-refractivity contribution in [2.75, 3.05) is 20.2 Å². The summed E-state index contributed by atoms with van der Waals surface area (Å²) >= 11 is 7.73. The average Bonchev–Trinajstić information content (AvgIpc) is 3.13. The monoisotopic (exact) mass is 475 g/mol. The molecule has 32 heavy (non-hydrogen) atoms. The maximum Gasteiger partial charge on any atom is 0.338 e. The number of fused-ring (bicyclic) bond motifs is 1. The number of allylic oxidation sites excluding steroid dienone is 1. The standard InChI is InChI=1S/C23H26ClN3O4S/c1-13-10-26(11-14(2)31-13)19(28)9-18-12-32-23-25-15(3)20(22(29)30-4)21(27(18)23)16-6-5-7-17(24)8-16/h5-8,12-14,21H,9-11H2,1-4H3. The number of amides is 1. The molecule has 0 N–H and O–H groups in total.